The predicted octanol–water partition coefficient (Wildman–Crippen LogP) is 9.90. The number of aromatic nitrogens is 6. The highest BCUT2D eigenvalue weighted by molar-refractivity contribution is 7.12. The van der Waals surface area contributed by atoms with Gasteiger partial charge in [0.05, 0.1) is 56.3 Å². The van der Waals surface area contributed by atoms with Crippen molar-refractivity contribution in [1.29, 1.82) is 0 Å². The van der Waals surface area contributed by atoms with E-state index < -0.39 is 0 Å². The van der Waals surface area contributed by atoms with Crippen LogP contribution < -0.4 is 10.6 Å². The van der Waals surface area contributed by atoms with Crippen molar-refractivity contribution in [3.8, 4) is 45.0 Å². The summed E-state index contributed by atoms with van der Waals surface area (Å²) in [7, 11) is 0. The highest BCUT2D eigenvalue weighted by Crippen LogP contribution is 2.42. The molecule has 2 N–H and O–H groups in total. The molecular weight excluding hydrogens is 781 g/mol. The number of aryl methyl sites for hydroxylation is 2. The number of aliphatic imine (C=N–C) groups is 2. The van der Waals surface area contributed by atoms with Crippen molar-refractivity contribution >= 4 is 78.2 Å². The maximum atomic E-state index is 5.01. The molecule has 0 bridgehead atoms. The van der Waals surface area contributed by atoms with Crippen molar-refractivity contribution in [3.05, 3.63) is 141 Å². The van der Waals surface area contributed by atoms with E-state index in [2.05, 4.69) is 119 Å². The molecule has 2 aliphatic rings. The molecule has 10 nitrogen and oxygen atoms in total. The number of fused-ring (bicyclic) bond motifs is 6. The molecule has 0 unspecified atom stereocenters. The third kappa shape index (κ3) is 5.30. The summed E-state index contributed by atoms with van der Waals surface area (Å²) in [5, 5.41) is 11.4. The lowest BCUT2D eigenvalue weighted by Gasteiger charge is -2.17. The zero-order chi connectivity index (χ0) is 39.9. The predicted molar refractivity (Wildman–Crippen MR) is 247 cm³/mol. The van der Waals surface area contributed by atoms with Gasteiger partial charge in [-0.2, -0.15) is 0 Å². The topological polar surface area (TPSA) is 110 Å². The van der Waals surface area contributed by atoms with Crippen molar-refractivity contribution in [2.24, 2.45) is 9.98 Å². The molecule has 12 rings (SSSR count). The highest BCUT2D eigenvalue weighted by Gasteiger charge is 2.25. The van der Waals surface area contributed by atoms with Crippen LogP contribution in [0.2, 0.25) is 0 Å². The first-order chi connectivity index (χ1) is 29.6. The number of hydrogen-bond donors (Lipinski definition) is 2. The van der Waals surface area contributed by atoms with Crippen molar-refractivity contribution in [1.82, 2.24) is 39.7 Å². The Bertz CT molecular complexity index is 3210. The minimum atomic E-state index is 0.767. The van der Waals surface area contributed by atoms with E-state index >= 15 is 0 Å². The number of nitrogens with one attached hydrogen (secondary N) is 2. The molecule has 0 spiro atoms. The molecular formula is C48H36N10S2. The summed E-state index contributed by atoms with van der Waals surface area (Å²) in [6.45, 7) is 7.60. The van der Waals surface area contributed by atoms with Crippen molar-refractivity contribution in [3.63, 3.8) is 0 Å². The summed E-state index contributed by atoms with van der Waals surface area (Å²) in [4.78, 5) is 31.6. The monoisotopic (exact) mass is 816 g/mol. The van der Waals surface area contributed by atoms with Crippen LogP contribution in [0.25, 0.3) is 88.9 Å². The number of benzene rings is 4. The van der Waals surface area contributed by atoms with Crippen LogP contribution in [0, 0.1) is 13.8 Å². The van der Waals surface area contributed by atoms with Gasteiger partial charge < -0.3 is 10.6 Å². The van der Waals surface area contributed by atoms with Crippen LogP contribution in [0.1, 0.15) is 20.9 Å². The van der Waals surface area contributed by atoms with E-state index in [1.807, 2.05) is 35.5 Å². The van der Waals surface area contributed by atoms with E-state index in [9.17, 15) is 0 Å². The van der Waals surface area contributed by atoms with Crippen LogP contribution in [0.5, 0.6) is 0 Å². The lowest BCUT2D eigenvalue weighted by Crippen LogP contribution is -2.19. The summed E-state index contributed by atoms with van der Waals surface area (Å²) < 4.78 is 4.63. The number of nitrogens with zero attached hydrogens (tertiary/aromatic N) is 8. The molecule has 0 atom stereocenters. The fraction of sp³-hybridized carbons (Fsp3) is 0.125. The molecule has 10 aromatic rings. The summed E-state index contributed by atoms with van der Waals surface area (Å²) in [6, 6.07) is 34.9. The van der Waals surface area contributed by atoms with Gasteiger partial charge in [-0.3, -0.25) is 19.1 Å². The third-order valence-corrected chi connectivity index (χ3v) is 13.4. The van der Waals surface area contributed by atoms with Gasteiger partial charge >= 0.3 is 0 Å². The van der Waals surface area contributed by atoms with Gasteiger partial charge in [-0.25, -0.2) is 19.9 Å². The average molecular weight is 817 g/mol. The van der Waals surface area contributed by atoms with Crippen LogP contribution in [-0.4, -0.2) is 66.9 Å². The number of pyridine rings is 2. The van der Waals surface area contributed by atoms with Crippen LogP contribution in [0.4, 0.5) is 0 Å². The SMILES string of the molecule is Cc1ccc(-n2c3ncccc3c3cccc(-c4ncsc4C4=NCCN4)c32)cc1-c1cc(-n2c3ncccc3c3cccc(-c4ncsc4C4=NCCN4)c32)ccc1C. The Hall–Kier alpha value is -7.02. The number of rotatable bonds is 7. The largest absolute Gasteiger partial charge is 0.367 e. The number of amidine groups is 2. The molecule has 0 aliphatic carbocycles. The highest BCUT2D eigenvalue weighted by atomic mass is 32.1. The van der Waals surface area contributed by atoms with E-state index in [0.29, 0.717) is 0 Å². The van der Waals surface area contributed by atoms with E-state index in [-0.39, 0.29) is 0 Å². The van der Waals surface area contributed by atoms with Gasteiger partial charge in [-0.1, -0.05) is 48.5 Å². The first kappa shape index (κ1) is 35.0. The zero-order valence-electron chi connectivity index (χ0n) is 32.8. The summed E-state index contributed by atoms with van der Waals surface area (Å²) in [5.41, 5.74) is 18.4. The van der Waals surface area contributed by atoms with Gasteiger partial charge in [-0.15, -0.1) is 22.7 Å². The van der Waals surface area contributed by atoms with E-state index in [1.165, 1.54) is 11.1 Å². The molecule has 0 saturated heterocycles. The van der Waals surface area contributed by atoms with E-state index in [0.717, 1.165) is 136 Å². The van der Waals surface area contributed by atoms with Crippen LogP contribution in [-0.2, 0) is 0 Å². The first-order valence-corrected chi connectivity index (χ1v) is 21.8. The smallest absolute Gasteiger partial charge is 0.145 e. The van der Waals surface area contributed by atoms with Crippen molar-refractivity contribution in [2.45, 2.75) is 13.8 Å². The van der Waals surface area contributed by atoms with Gasteiger partial charge in [0.25, 0.3) is 0 Å². The Labute approximate surface area is 352 Å². The Balaban J connectivity index is 1.07. The molecule has 0 radical (unpaired) electrons. The minimum absolute atomic E-state index is 0.767. The number of hydrogen-bond acceptors (Lipinski definition) is 10. The summed E-state index contributed by atoms with van der Waals surface area (Å²) in [5.74, 6) is 1.83. The van der Waals surface area contributed by atoms with Crippen LogP contribution in [0.3, 0.4) is 0 Å². The average Bonchev–Trinajstić information content (AvgIpc) is 4.15. The standard InChI is InChI=1S/C48H36N10S2/c1-27-13-15-29(57-41-31(33-11-5-17-53-47(33)57)7-3-9-35(41)39-43(59-25-55-39)45-49-19-20-50-45)23-37(27)38-24-30(16-14-28(38)2)58-42-32(34-12-6-18-54-48(34)58)8-4-10-36(42)40-44(60-26-56-40)46-51-21-22-52-46/h3-18,23-26H,19-22H2,1-2H3,(H,49,50)(H,51,52). The van der Waals surface area contributed by atoms with Crippen LogP contribution >= 0.6 is 22.7 Å². The molecule has 60 heavy (non-hydrogen) atoms. The first-order valence-electron chi connectivity index (χ1n) is 20.1. The Kier molecular flexibility index (Phi) is 8.04. The molecule has 8 heterocycles. The Morgan fingerprint density at radius 1 is 0.500 bits per heavy atom. The Morgan fingerprint density at radius 2 is 0.967 bits per heavy atom. The maximum absolute atomic E-state index is 5.01. The molecule has 290 valence electrons. The van der Waals surface area contributed by atoms with Gasteiger partial charge in [0.2, 0.25) is 0 Å². The third-order valence-electron chi connectivity index (χ3n) is 11.8. The Morgan fingerprint density at radius 3 is 1.42 bits per heavy atom. The molecule has 4 aromatic carbocycles. The second kappa shape index (κ2) is 13.8. The molecule has 6 aromatic heterocycles. The lowest BCUT2D eigenvalue weighted by atomic mass is 9.95. The van der Waals surface area contributed by atoms with Gasteiger partial charge in [0.1, 0.15) is 23.0 Å². The molecule has 0 amide bonds. The van der Waals surface area contributed by atoms with Gasteiger partial charge in [0.15, 0.2) is 0 Å². The quantitative estimate of drug-likeness (QED) is 0.166. The molecule has 2 aliphatic heterocycles. The normalized spacial score (nSPS) is 14.0. The lowest BCUT2D eigenvalue weighted by molar-refractivity contribution is 0.960. The van der Waals surface area contributed by atoms with Gasteiger partial charge in [0, 0.05) is 69.5 Å². The summed E-state index contributed by atoms with van der Waals surface area (Å²) in [6.07, 6.45) is 3.76. The van der Waals surface area contributed by atoms with E-state index in [1.54, 1.807) is 22.7 Å². The summed E-state index contributed by atoms with van der Waals surface area (Å²) >= 11 is 3.25. The second-order valence-corrected chi connectivity index (χ2v) is 16.9. The number of thiazole rings is 2. The fourth-order valence-electron chi connectivity index (χ4n) is 9.06. The second-order valence-electron chi connectivity index (χ2n) is 15.2. The van der Waals surface area contributed by atoms with Crippen molar-refractivity contribution < 1.29 is 0 Å². The van der Waals surface area contributed by atoms with E-state index in [4.69, 9.17) is 29.9 Å². The molecule has 12 heteroatoms. The zero-order valence-corrected chi connectivity index (χ0v) is 34.4. The van der Waals surface area contributed by atoms with Gasteiger partial charge in [-0.05, 0) is 84.6 Å². The van der Waals surface area contributed by atoms with Crippen molar-refractivity contribution in [2.75, 3.05) is 26.2 Å². The minimum Gasteiger partial charge on any atom is -0.367 e. The molecule has 0 saturated carbocycles. The van der Waals surface area contributed by atoms with Crippen LogP contribution in [0.15, 0.2) is 130 Å². The molecule has 0 fully saturated rings. The number of para-hydroxylation sites is 2. The fourth-order valence-corrected chi connectivity index (χ4v) is 10.6. The maximum Gasteiger partial charge on any atom is 0.145 e.